The maximum atomic E-state index is 12.6. The Kier molecular flexibility index (Phi) is 4.60. The molecule has 0 aliphatic carbocycles. The maximum Gasteiger partial charge on any atom is 0.230 e. The topological polar surface area (TPSA) is 69.6 Å². The summed E-state index contributed by atoms with van der Waals surface area (Å²) in [6, 6.07) is 7.28. The number of nitrogens with one attached hydrogen (secondary N) is 1. The first-order chi connectivity index (χ1) is 11.0. The number of aliphatic hydroxyl groups excluding tert-OH is 1. The smallest absolute Gasteiger partial charge is 0.230 e. The van der Waals surface area contributed by atoms with Gasteiger partial charge in [0.1, 0.15) is 0 Å². The van der Waals surface area contributed by atoms with Gasteiger partial charge in [-0.25, -0.2) is 0 Å². The first-order valence-corrected chi connectivity index (χ1v) is 8.38. The highest BCUT2D eigenvalue weighted by Gasteiger charge is 2.50. The highest BCUT2D eigenvalue weighted by molar-refractivity contribution is 6.31. The monoisotopic (exact) mass is 336 g/mol. The molecule has 1 aromatic rings. The number of likely N-dealkylation sites (tertiary alicyclic amines) is 1. The minimum Gasteiger partial charge on any atom is -0.392 e. The van der Waals surface area contributed by atoms with E-state index in [1.165, 1.54) is 0 Å². The molecule has 3 rings (SSSR count). The van der Waals surface area contributed by atoms with Crippen LogP contribution in [0.4, 0.5) is 0 Å². The van der Waals surface area contributed by atoms with Gasteiger partial charge in [-0.15, -0.1) is 0 Å². The van der Waals surface area contributed by atoms with E-state index in [4.69, 9.17) is 11.6 Å². The van der Waals surface area contributed by atoms with E-state index in [-0.39, 0.29) is 24.8 Å². The molecule has 2 N–H and O–H groups in total. The average molecular weight is 337 g/mol. The lowest BCUT2D eigenvalue weighted by Crippen LogP contribution is -2.62. The molecule has 0 radical (unpaired) electrons. The van der Waals surface area contributed by atoms with Crippen LogP contribution in [0.25, 0.3) is 0 Å². The Labute approximate surface area is 140 Å². The van der Waals surface area contributed by atoms with Gasteiger partial charge < -0.3 is 15.3 Å². The van der Waals surface area contributed by atoms with Crippen LogP contribution in [0.2, 0.25) is 5.02 Å². The number of hydrogen-bond acceptors (Lipinski definition) is 3. The predicted molar refractivity (Wildman–Crippen MR) is 87.0 cm³/mol. The zero-order valence-corrected chi connectivity index (χ0v) is 13.7. The molecule has 2 saturated heterocycles. The number of rotatable bonds is 2. The maximum absolute atomic E-state index is 12.6. The molecule has 2 fully saturated rings. The summed E-state index contributed by atoms with van der Waals surface area (Å²) in [5, 5.41) is 13.8. The molecule has 0 saturated carbocycles. The Balaban J connectivity index is 1.74. The van der Waals surface area contributed by atoms with Crippen LogP contribution in [0.15, 0.2) is 24.3 Å². The van der Waals surface area contributed by atoms with Crippen molar-refractivity contribution in [2.45, 2.75) is 31.8 Å². The summed E-state index contributed by atoms with van der Waals surface area (Å²) < 4.78 is 0. The number of carbonyl (C=O) groups is 2. The molecule has 2 heterocycles. The average Bonchev–Trinajstić information content (AvgIpc) is 2.55. The molecule has 5 nitrogen and oxygen atoms in total. The third-order valence-corrected chi connectivity index (χ3v) is 5.34. The van der Waals surface area contributed by atoms with Gasteiger partial charge in [0.25, 0.3) is 0 Å². The number of hydrogen-bond donors (Lipinski definition) is 2. The number of amides is 2. The van der Waals surface area contributed by atoms with E-state index in [2.05, 4.69) is 5.32 Å². The third-order valence-electron chi connectivity index (χ3n) is 4.97. The Morgan fingerprint density at radius 3 is 2.96 bits per heavy atom. The van der Waals surface area contributed by atoms with Gasteiger partial charge >= 0.3 is 0 Å². The van der Waals surface area contributed by atoms with E-state index in [0.717, 1.165) is 12.0 Å². The van der Waals surface area contributed by atoms with Gasteiger partial charge in [0.05, 0.1) is 17.9 Å². The van der Waals surface area contributed by atoms with E-state index < -0.39 is 11.5 Å². The van der Waals surface area contributed by atoms with Crippen molar-refractivity contribution >= 4 is 23.4 Å². The van der Waals surface area contributed by atoms with Gasteiger partial charge in [0.2, 0.25) is 11.8 Å². The number of carbonyl (C=O) groups excluding carboxylic acids is 2. The van der Waals surface area contributed by atoms with Crippen LogP contribution in [0.5, 0.6) is 0 Å². The summed E-state index contributed by atoms with van der Waals surface area (Å²) in [5.74, 6) is -0.186. The van der Waals surface area contributed by atoms with Gasteiger partial charge in [0.15, 0.2) is 0 Å². The van der Waals surface area contributed by atoms with Crippen LogP contribution in [0.1, 0.15) is 24.8 Å². The summed E-state index contributed by atoms with van der Waals surface area (Å²) in [4.78, 5) is 26.6. The van der Waals surface area contributed by atoms with Gasteiger partial charge in [-0.1, -0.05) is 29.8 Å². The Morgan fingerprint density at radius 1 is 1.43 bits per heavy atom. The van der Waals surface area contributed by atoms with E-state index in [1.807, 2.05) is 18.2 Å². The Morgan fingerprint density at radius 2 is 2.22 bits per heavy atom. The number of halogens is 1. The van der Waals surface area contributed by atoms with E-state index in [0.29, 0.717) is 31.0 Å². The van der Waals surface area contributed by atoms with Crippen molar-refractivity contribution in [2.75, 3.05) is 19.6 Å². The lowest BCUT2D eigenvalue weighted by Gasteiger charge is -2.46. The fraction of sp³-hybridized carbons (Fsp3) is 0.529. The number of aliphatic hydroxyl groups is 1. The van der Waals surface area contributed by atoms with Crippen molar-refractivity contribution in [3.63, 3.8) is 0 Å². The predicted octanol–water partition coefficient (Wildman–Crippen LogP) is 1.37. The summed E-state index contributed by atoms with van der Waals surface area (Å²) in [5.41, 5.74) is -0.0699. The first-order valence-electron chi connectivity index (χ1n) is 8.00. The van der Waals surface area contributed by atoms with Crippen LogP contribution in [-0.2, 0) is 16.0 Å². The van der Waals surface area contributed by atoms with Crippen molar-refractivity contribution in [2.24, 2.45) is 5.41 Å². The zero-order valence-electron chi connectivity index (χ0n) is 12.9. The van der Waals surface area contributed by atoms with Gasteiger partial charge in [0, 0.05) is 24.7 Å². The summed E-state index contributed by atoms with van der Waals surface area (Å²) in [7, 11) is 0. The molecule has 0 unspecified atom stereocenters. The molecule has 2 aliphatic rings. The zero-order chi connectivity index (χ0) is 16.4. The molecule has 2 atom stereocenters. The largest absolute Gasteiger partial charge is 0.392 e. The number of benzene rings is 1. The SMILES string of the molecule is O=C(Cc1ccccc1Cl)N1CC[C@H](O)[C@@]2(CCCNC2=O)C1. The van der Waals surface area contributed by atoms with Crippen molar-refractivity contribution in [1.82, 2.24) is 10.2 Å². The second kappa shape index (κ2) is 6.49. The minimum atomic E-state index is -0.855. The first kappa shape index (κ1) is 16.3. The second-order valence-corrected chi connectivity index (χ2v) is 6.81. The third kappa shape index (κ3) is 3.08. The lowest BCUT2D eigenvalue weighted by molar-refractivity contribution is -0.154. The summed E-state index contributed by atoms with van der Waals surface area (Å²) in [6.07, 6.45) is 1.41. The normalized spacial score (nSPS) is 27.8. The molecule has 2 aliphatic heterocycles. The highest BCUT2D eigenvalue weighted by Crippen LogP contribution is 2.37. The minimum absolute atomic E-state index is 0.0530. The van der Waals surface area contributed by atoms with Crippen LogP contribution in [-0.4, -0.2) is 47.6 Å². The number of nitrogens with zero attached hydrogens (tertiary/aromatic N) is 1. The van der Waals surface area contributed by atoms with Crippen molar-refractivity contribution < 1.29 is 14.7 Å². The number of piperidine rings is 2. The van der Waals surface area contributed by atoms with E-state index in [1.54, 1.807) is 11.0 Å². The standard InChI is InChI=1S/C17H21ClN2O3/c18-13-5-2-1-4-12(13)10-15(22)20-9-6-14(21)17(11-20)7-3-8-19-16(17)23/h1-2,4-5,14,21H,3,6-11H2,(H,19,23)/t14-,17+/m0/s1. The van der Waals surface area contributed by atoms with Gasteiger partial charge in [-0.2, -0.15) is 0 Å². The molecule has 124 valence electrons. The highest BCUT2D eigenvalue weighted by atomic mass is 35.5. The van der Waals surface area contributed by atoms with E-state index >= 15 is 0 Å². The molecular formula is C17H21ClN2O3. The summed E-state index contributed by atoms with van der Waals surface area (Å²) >= 11 is 6.12. The molecule has 6 heteroatoms. The van der Waals surface area contributed by atoms with Gasteiger partial charge in [-0.3, -0.25) is 9.59 Å². The van der Waals surface area contributed by atoms with Crippen LogP contribution < -0.4 is 5.32 Å². The fourth-order valence-electron chi connectivity index (χ4n) is 3.57. The molecule has 1 aromatic carbocycles. The second-order valence-electron chi connectivity index (χ2n) is 6.40. The Bertz CT molecular complexity index is 622. The molecular weight excluding hydrogens is 316 g/mol. The van der Waals surface area contributed by atoms with Gasteiger partial charge in [-0.05, 0) is 30.9 Å². The molecule has 0 aromatic heterocycles. The van der Waals surface area contributed by atoms with Crippen LogP contribution >= 0.6 is 11.6 Å². The molecule has 2 amide bonds. The molecule has 1 spiro atoms. The lowest BCUT2D eigenvalue weighted by atomic mass is 9.71. The summed E-state index contributed by atoms with van der Waals surface area (Å²) in [6.45, 7) is 1.39. The van der Waals surface area contributed by atoms with Crippen molar-refractivity contribution in [1.29, 1.82) is 0 Å². The fourth-order valence-corrected chi connectivity index (χ4v) is 3.78. The quantitative estimate of drug-likeness (QED) is 0.857. The van der Waals surface area contributed by atoms with Crippen LogP contribution in [0, 0.1) is 5.41 Å². The molecule has 23 heavy (non-hydrogen) atoms. The molecule has 0 bridgehead atoms. The van der Waals surface area contributed by atoms with E-state index in [9.17, 15) is 14.7 Å². The van der Waals surface area contributed by atoms with Crippen molar-refractivity contribution in [3.05, 3.63) is 34.9 Å². The van der Waals surface area contributed by atoms with Crippen LogP contribution in [0.3, 0.4) is 0 Å². The Hall–Kier alpha value is -1.59. The van der Waals surface area contributed by atoms with Crippen molar-refractivity contribution in [3.8, 4) is 0 Å².